The first-order valence-electron chi connectivity index (χ1n) is 6.33. The van der Waals surface area contributed by atoms with Crippen LogP contribution in [0.3, 0.4) is 0 Å². The average Bonchev–Trinajstić information content (AvgIpc) is 2.43. The number of nitrogens with one attached hydrogen (secondary N) is 2. The van der Waals surface area contributed by atoms with Crippen molar-refractivity contribution < 1.29 is 4.79 Å². The number of benzene rings is 1. The topological polar surface area (TPSA) is 44.4 Å². The molecule has 1 saturated heterocycles. The van der Waals surface area contributed by atoms with Crippen molar-refractivity contribution in [1.29, 1.82) is 0 Å². The number of hydrogen-bond acceptors (Lipinski definition) is 3. The minimum Gasteiger partial charge on any atom is -0.351 e. The number of piperazine rings is 1. The lowest BCUT2D eigenvalue weighted by molar-refractivity contribution is 0.0947. The number of halogens is 2. The summed E-state index contributed by atoms with van der Waals surface area (Å²) in [6, 6.07) is 4.90. The van der Waals surface area contributed by atoms with Gasteiger partial charge >= 0.3 is 0 Å². The number of carbonyl (C=O) groups excluding carboxylic acids is 1. The normalized spacial score (nSPS) is 16.3. The van der Waals surface area contributed by atoms with E-state index in [0.717, 1.165) is 32.7 Å². The van der Waals surface area contributed by atoms with E-state index in [-0.39, 0.29) is 5.91 Å². The highest BCUT2D eigenvalue weighted by Crippen LogP contribution is 2.22. The van der Waals surface area contributed by atoms with E-state index in [1.165, 1.54) is 0 Å². The lowest BCUT2D eigenvalue weighted by Crippen LogP contribution is -2.46. The standard InChI is InChI=1S/C13H17Cl2N3O/c14-11-2-1-10(9-12(11)15)13(19)17-5-8-18-6-3-16-4-7-18/h1-2,9,16H,3-8H2,(H,17,19). The van der Waals surface area contributed by atoms with Crippen molar-refractivity contribution in [1.82, 2.24) is 15.5 Å². The van der Waals surface area contributed by atoms with E-state index < -0.39 is 0 Å². The molecular formula is C13H17Cl2N3O. The van der Waals surface area contributed by atoms with E-state index >= 15 is 0 Å². The molecule has 104 valence electrons. The van der Waals surface area contributed by atoms with Crippen molar-refractivity contribution >= 4 is 29.1 Å². The zero-order valence-corrected chi connectivity index (χ0v) is 12.1. The van der Waals surface area contributed by atoms with Crippen molar-refractivity contribution in [2.45, 2.75) is 0 Å². The first-order valence-corrected chi connectivity index (χ1v) is 7.09. The predicted octanol–water partition coefficient (Wildman–Crippen LogP) is 1.63. The summed E-state index contributed by atoms with van der Waals surface area (Å²) in [6.07, 6.45) is 0. The minimum absolute atomic E-state index is 0.117. The second-order valence-corrected chi connectivity index (χ2v) is 5.29. The van der Waals surface area contributed by atoms with Gasteiger partial charge in [-0.3, -0.25) is 9.69 Å². The van der Waals surface area contributed by atoms with Gasteiger partial charge in [-0.05, 0) is 18.2 Å². The molecule has 1 amide bonds. The molecule has 0 spiro atoms. The van der Waals surface area contributed by atoms with Crippen LogP contribution in [0.25, 0.3) is 0 Å². The molecule has 0 radical (unpaired) electrons. The maximum atomic E-state index is 11.9. The van der Waals surface area contributed by atoms with E-state index in [2.05, 4.69) is 15.5 Å². The SMILES string of the molecule is O=C(NCCN1CCNCC1)c1ccc(Cl)c(Cl)c1. The molecule has 0 aromatic heterocycles. The van der Waals surface area contributed by atoms with Gasteiger partial charge in [-0.2, -0.15) is 0 Å². The smallest absolute Gasteiger partial charge is 0.251 e. The van der Waals surface area contributed by atoms with Gasteiger partial charge in [-0.25, -0.2) is 0 Å². The molecule has 1 heterocycles. The van der Waals surface area contributed by atoms with E-state index in [0.29, 0.717) is 22.2 Å². The summed E-state index contributed by atoms with van der Waals surface area (Å²) in [7, 11) is 0. The summed E-state index contributed by atoms with van der Waals surface area (Å²) < 4.78 is 0. The Kier molecular flexibility index (Phi) is 5.45. The molecule has 1 fully saturated rings. The molecule has 6 heteroatoms. The maximum absolute atomic E-state index is 11.9. The zero-order valence-electron chi connectivity index (χ0n) is 10.6. The van der Waals surface area contributed by atoms with Crippen LogP contribution in [-0.2, 0) is 0 Å². The number of hydrogen-bond donors (Lipinski definition) is 2. The third-order valence-corrected chi connectivity index (χ3v) is 3.84. The van der Waals surface area contributed by atoms with Crippen LogP contribution in [-0.4, -0.2) is 50.1 Å². The highest BCUT2D eigenvalue weighted by atomic mass is 35.5. The third kappa shape index (κ3) is 4.35. The van der Waals surface area contributed by atoms with Gasteiger partial charge in [0.05, 0.1) is 10.0 Å². The van der Waals surface area contributed by atoms with Crippen LogP contribution in [0, 0.1) is 0 Å². The van der Waals surface area contributed by atoms with E-state index in [1.54, 1.807) is 18.2 Å². The highest BCUT2D eigenvalue weighted by Gasteiger charge is 2.11. The van der Waals surface area contributed by atoms with Gasteiger partial charge in [0.2, 0.25) is 0 Å². The van der Waals surface area contributed by atoms with Gasteiger partial charge in [-0.15, -0.1) is 0 Å². The van der Waals surface area contributed by atoms with Crippen LogP contribution >= 0.6 is 23.2 Å². The summed E-state index contributed by atoms with van der Waals surface area (Å²) in [5.74, 6) is -0.117. The van der Waals surface area contributed by atoms with Crippen molar-refractivity contribution in [2.24, 2.45) is 0 Å². The van der Waals surface area contributed by atoms with Gasteiger partial charge < -0.3 is 10.6 Å². The lowest BCUT2D eigenvalue weighted by atomic mass is 10.2. The van der Waals surface area contributed by atoms with Gasteiger partial charge in [0.1, 0.15) is 0 Å². The van der Waals surface area contributed by atoms with Crippen LogP contribution in [0.15, 0.2) is 18.2 Å². The average molecular weight is 302 g/mol. The second kappa shape index (κ2) is 7.10. The molecule has 19 heavy (non-hydrogen) atoms. The molecule has 2 N–H and O–H groups in total. The number of carbonyl (C=O) groups is 1. The Morgan fingerprint density at radius 2 is 2.00 bits per heavy atom. The number of rotatable bonds is 4. The molecule has 0 unspecified atom stereocenters. The molecule has 0 atom stereocenters. The Bertz CT molecular complexity index is 448. The Hall–Kier alpha value is -0.810. The van der Waals surface area contributed by atoms with Gasteiger partial charge in [-0.1, -0.05) is 23.2 Å². The first kappa shape index (κ1) is 14.6. The fourth-order valence-electron chi connectivity index (χ4n) is 2.00. The van der Waals surface area contributed by atoms with E-state index in [1.807, 2.05) is 0 Å². The van der Waals surface area contributed by atoms with Crippen molar-refractivity contribution in [3.05, 3.63) is 33.8 Å². The van der Waals surface area contributed by atoms with Crippen molar-refractivity contribution in [2.75, 3.05) is 39.3 Å². The Morgan fingerprint density at radius 3 is 2.68 bits per heavy atom. The van der Waals surface area contributed by atoms with E-state index in [9.17, 15) is 4.79 Å². The highest BCUT2D eigenvalue weighted by molar-refractivity contribution is 6.42. The van der Waals surface area contributed by atoms with Crippen LogP contribution in [0.5, 0.6) is 0 Å². The van der Waals surface area contributed by atoms with Crippen LogP contribution < -0.4 is 10.6 Å². The molecule has 1 aliphatic heterocycles. The van der Waals surface area contributed by atoms with Gasteiger partial charge in [0.15, 0.2) is 0 Å². The molecule has 0 saturated carbocycles. The Morgan fingerprint density at radius 1 is 1.26 bits per heavy atom. The van der Waals surface area contributed by atoms with Crippen molar-refractivity contribution in [3.63, 3.8) is 0 Å². The molecule has 2 rings (SSSR count). The largest absolute Gasteiger partial charge is 0.351 e. The molecule has 4 nitrogen and oxygen atoms in total. The lowest BCUT2D eigenvalue weighted by Gasteiger charge is -2.27. The fraction of sp³-hybridized carbons (Fsp3) is 0.462. The van der Waals surface area contributed by atoms with Crippen LogP contribution in [0.4, 0.5) is 0 Å². The third-order valence-electron chi connectivity index (χ3n) is 3.10. The summed E-state index contributed by atoms with van der Waals surface area (Å²) in [5, 5.41) is 7.04. The molecule has 1 aromatic carbocycles. The molecular weight excluding hydrogens is 285 g/mol. The molecule has 1 aromatic rings. The Balaban J connectivity index is 1.78. The first-order chi connectivity index (χ1) is 9.16. The van der Waals surface area contributed by atoms with Gasteiger partial charge in [0, 0.05) is 44.8 Å². The molecule has 1 aliphatic rings. The quantitative estimate of drug-likeness (QED) is 0.888. The monoisotopic (exact) mass is 301 g/mol. The summed E-state index contributed by atoms with van der Waals surface area (Å²) >= 11 is 11.7. The fourth-order valence-corrected chi connectivity index (χ4v) is 2.30. The van der Waals surface area contributed by atoms with Gasteiger partial charge in [0.25, 0.3) is 5.91 Å². The summed E-state index contributed by atoms with van der Waals surface area (Å²) in [5.41, 5.74) is 0.537. The molecule has 0 bridgehead atoms. The maximum Gasteiger partial charge on any atom is 0.251 e. The molecule has 0 aliphatic carbocycles. The van der Waals surface area contributed by atoms with Crippen LogP contribution in [0.1, 0.15) is 10.4 Å². The van der Waals surface area contributed by atoms with E-state index in [4.69, 9.17) is 23.2 Å². The Labute approximate surface area is 123 Å². The second-order valence-electron chi connectivity index (χ2n) is 4.48. The predicted molar refractivity (Wildman–Crippen MR) is 78.1 cm³/mol. The summed E-state index contributed by atoms with van der Waals surface area (Å²) in [6.45, 7) is 5.60. The number of amides is 1. The van der Waals surface area contributed by atoms with Crippen LogP contribution in [0.2, 0.25) is 10.0 Å². The summed E-state index contributed by atoms with van der Waals surface area (Å²) in [4.78, 5) is 14.2. The number of nitrogens with zero attached hydrogens (tertiary/aromatic N) is 1. The van der Waals surface area contributed by atoms with Crippen molar-refractivity contribution in [3.8, 4) is 0 Å². The minimum atomic E-state index is -0.117. The zero-order chi connectivity index (χ0) is 13.7.